The topological polar surface area (TPSA) is 55.4 Å². The van der Waals surface area contributed by atoms with E-state index in [0.29, 0.717) is 0 Å². The van der Waals surface area contributed by atoms with E-state index in [1.54, 1.807) is 24.3 Å². The van der Waals surface area contributed by atoms with Gasteiger partial charge in [0, 0.05) is 0 Å². The van der Waals surface area contributed by atoms with E-state index in [-0.39, 0.29) is 5.56 Å². The molecule has 154 valence electrons. The van der Waals surface area contributed by atoms with Gasteiger partial charge in [0.25, 0.3) is 5.91 Å². The lowest BCUT2D eigenvalue weighted by Gasteiger charge is -2.17. The highest BCUT2D eigenvalue weighted by Crippen LogP contribution is 2.34. The Kier molecular flexibility index (Phi) is 6.20. The molecule has 0 fully saturated rings. The van der Waals surface area contributed by atoms with Crippen LogP contribution < -0.4 is 5.32 Å². The molecule has 0 aliphatic carbocycles. The molecule has 1 atom stereocenters. The fraction of sp³-hybridized carbons (Fsp3) is 0.130. The van der Waals surface area contributed by atoms with Gasteiger partial charge >= 0.3 is 12.1 Å². The molecule has 0 bridgehead atoms. The lowest BCUT2D eigenvalue weighted by atomic mass is 10.0. The van der Waals surface area contributed by atoms with Crippen LogP contribution in [0.1, 0.15) is 22.8 Å². The molecule has 30 heavy (non-hydrogen) atoms. The minimum absolute atomic E-state index is 0.227. The Hall–Kier alpha value is -3.61. The first-order valence-electron chi connectivity index (χ1n) is 9.09. The van der Waals surface area contributed by atoms with E-state index >= 15 is 0 Å². The van der Waals surface area contributed by atoms with Crippen molar-refractivity contribution in [3.8, 4) is 11.1 Å². The summed E-state index contributed by atoms with van der Waals surface area (Å²) in [6.07, 6.45) is -5.91. The lowest BCUT2D eigenvalue weighted by molar-refractivity contribution is -0.137. The molecule has 3 aromatic carbocycles. The SMILES string of the molecule is CC(OC(=O)c1ccc(-c2ccccc2)cc1)C(=O)Nc1ccccc1C(F)(F)F. The normalized spacial score (nSPS) is 12.1. The van der Waals surface area contributed by atoms with Crippen LogP contribution in [0.25, 0.3) is 11.1 Å². The lowest BCUT2D eigenvalue weighted by Crippen LogP contribution is -2.30. The summed E-state index contributed by atoms with van der Waals surface area (Å²) in [6.45, 7) is 1.29. The number of carbonyl (C=O) groups is 2. The molecule has 0 heterocycles. The highest BCUT2D eigenvalue weighted by atomic mass is 19.4. The Morgan fingerprint density at radius 3 is 2.03 bits per heavy atom. The van der Waals surface area contributed by atoms with Gasteiger partial charge in [0.05, 0.1) is 16.8 Å². The number of halogens is 3. The van der Waals surface area contributed by atoms with Crippen LogP contribution in [0.2, 0.25) is 0 Å². The first-order valence-corrected chi connectivity index (χ1v) is 9.09. The van der Waals surface area contributed by atoms with Crippen molar-refractivity contribution in [2.45, 2.75) is 19.2 Å². The Morgan fingerprint density at radius 1 is 0.833 bits per heavy atom. The van der Waals surface area contributed by atoms with E-state index in [0.717, 1.165) is 23.3 Å². The van der Waals surface area contributed by atoms with Crippen molar-refractivity contribution >= 4 is 17.6 Å². The minimum atomic E-state index is -4.62. The molecule has 3 rings (SSSR count). The number of benzene rings is 3. The number of anilines is 1. The molecule has 0 saturated carbocycles. The summed E-state index contributed by atoms with van der Waals surface area (Å²) < 4.78 is 44.3. The van der Waals surface area contributed by atoms with Crippen molar-refractivity contribution in [3.05, 3.63) is 90.0 Å². The summed E-state index contributed by atoms with van der Waals surface area (Å²) in [5.74, 6) is -1.61. The van der Waals surface area contributed by atoms with Gasteiger partial charge in [0.2, 0.25) is 0 Å². The van der Waals surface area contributed by atoms with Crippen LogP contribution in [-0.2, 0) is 15.7 Å². The predicted molar refractivity (Wildman–Crippen MR) is 107 cm³/mol. The van der Waals surface area contributed by atoms with E-state index in [9.17, 15) is 22.8 Å². The molecule has 0 saturated heterocycles. The first kappa shape index (κ1) is 21.1. The fourth-order valence-electron chi connectivity index (χ4n) is 2.79. The van der Waals surface area contributed by atoms with E-state index in [4.69, 9.17) is 4.74 Å². The average Bonchev–Trinajstić information content (AvgIpc) is 2.74. The largest absolute Gasteiger partial charge is 0.449 e. The molecule has 0 aromatic heterocycles. The van der Waals surface area contributed by atoms with Crippen molar-refractivity contribution in [2.24, 2.45) is 0 Å². The number of rotatable bonds is 5. The van der Waals surface area contributed by atoms with Gasteiger partial charge < -0.3 is 10.1 Å². The van der Waals surface area contributed by atoms with Crippen molar-refractivity contribution in [1.82, 2.24) is 0 Å². The third kappa shape index (κ3) is 5.05. The van der Waals surface area contributed by atoms with Gasteiger partial charge in [0.15, 0.2) is 6.10 Å². The molecule has 0 radical (unpaired) electrons. The van der Waals surface area contributed by atoms with Crippen molar-refractivity contribution in [3.63, 3.8) is 0 Å². The van der Waals surface area contributed by atoms with Gasteiger partial charge in [0.1, 0.15) is 0 Å². The predicted octanol–water partition coefficient (Wildman–Crippen LogP) is 5.56. The zero-order chi connectivity index (χ0) is 21.7. The minimum Gasteiger partial charge on any atom is -0.449 e. The van der Waals surface area contributed by atoms with Gasteiger partial charge in [-0.1, -0.05) is 54.6 Å². The van der Waals surface area contributed by atoms with Gasteiger partial charge in [-0.15, -0.1) is 0 Å². The van der Waals surface area contributed by atoms with E-state index in [1.807, 2.05) is 30.3 Å². The zero-order valence-corrected chi connectivity index (χ0v) is 15.9. The Labute approximate surface area is 171 Å². The Bertz CT molecular complexity index is 1030. The molecular formula is C23H18F3NO3. The number of ether oxygens (including phenoxy) is 1. The maximum atomic E-state index is 13.0. The number of alkyl halides is 3. The highest BCUT2D eigenvalue weighted by Gasteiger charge is 2.34. The summed E-state index contributed by atoms with van der Waals surface area (Å²) >= 11 is 0. The van der Waals surface area contributed by atoms with E-state index < -0.39 is 35.4 Å². The summed E-state index contributed by atoms with van der Waals surface area (Å²) in [5, 5.41) is 2.17. The summed E-state index contributed by atoms with van der Waals surface area (Å²) in [5.41, 5.74) is 0.735. The van der Waals surface area contributed by atoms with Crippen LogP contribution >= 0.6 is 0 Å². The number of hydrogen-bond acceptors (Lipinski definition) is 3. The Morgan fingerprint density at radius 2 is 1.40 bits per heavy atom. The van der Waals surface area contributed by atoms with Gasteiger partial charge in [-0.2, -0.15) is 13.2 Å². The quantitative estimate of drug-likeness (QED) is 0.558. The molecule has 1 N–H and O–H groups in total. The molecule has 4 nitrogen and oxygen atoms in total. The number of nitrogens with one attached hydrogen (secondary N) is 1. The molecule has 0 aliphatic rings. The zero-order valence-electron chi connectivity index (χ0n) is 15.9. The van der Waals surface area contributed by atoms with Crippen LogP contribution in [0.5, 0.6) is 0 Å². The van der Waals surface area contributed by atoms with Crippen LogP contribution in [-0.4, -0.2) is 18.0 Å². The number of hydrogen-bond donors (Lipinski definition) is 1. The summed E-state index contributed by atoms with van der Waals surface area (Å²) in [7, 11) is 0. The molecule has 0 aliphatic heterocycles. The summed E-state index contributed by atoms with van der Waals surface area (Å²) in [6, 6.07) is 20.8. The van der Waals surface area contributed by atoms with Crippen LogP contribution in [0.4, 0.5) is 18.9 Å². The van der Waals surface area contributed by atoms with Crippen LogP contribution in [0, 0.1) is 0 Å². The molecule has 1 unspecified atom stereocenters. The monoisotopic (exact) mass is 413 g/mol. The molecular weight excluding hydrogens is 395 g/mol. The van der Waals surface area contributed by atoms with Crippen molar-refractivity contribution in [1.29, 1.82) is 0 Å². The maximum Gasteiger partial charge on any atom is 0.418 e. The molecule has 1 amide bonds. The third-order valence-electron chi connectivity index (χ3n) is 4.37. The average molecular weight is 413 g/mol. The molecule has 7 heteroatoms. The van der Waals surface area contributed by atoms with Crippen molar-refractivity contribution < 1.29 is 27.5 Å². The Balaban J connectivity index is 1.65. The third-order valence-corrected chi connectivity index (χ3v) is 4.37. The van der Waals surface area contributed by atoms with Gasteiger partial charge in [-0.05, 0) is 42.3 Å². The van der Waals surface area contributed by atoms with Crippen LogP contribution in [0.15, 0.2) is 78.9 Å². The molecule has 0 spiro atoms. The van der Waals surface area contributed by atoms with Crippen LogP contribution in [0.3, 0.4) is 0 Å². The number of para-hydroxylation sites is 1. The second-order valence-electron chi connectivity index (χ2n) is 6.52. The number of carbonyl (C=O) groups excluding carboxylic acids is 2. The van der Waals surface area contributed by atoms with E-state index in [1.165, 1.54) is 19.1 Å². The molecule has 3 aromatic rings. The first-order chi connectivity index (χ1) is 14.3. The summed E-state index contributed by atoms with van der Waals surface area (Å²) in [4.78, 5) is 24.5. The second-order valence-corrected chi connectivity index (χ2v) is 6.52. The highest BCUT2D eigenvalue weighted by molar-refractivity contribution is 5.98. The van der Waals surface area contributed by atoms with Gasteiger partial charge in [-0.3, -0.25) is 4.79 Å². The number of amides is 1. The van der Waals surface area contributed by atoms with E-state index in [2.05, 4.69) is 5.32 Å². The number of esters is 1. The second kappa shape index (κ2) is 8.82. The van der Waals surface area contributed by atoms with Gasteiger partial charge in [-0.25, -0.2) is 4.79 Å². The smallest absolute Gasteiger partial charge is 0.418 e. The fourth-order valence-corrected chi connectivity index (χ4v) is 2.79. The van der Waals surface area contributed by atoms with Crippen molar-refractivity contribution in [2.75, 3.05) is 5.32 Å². The maximum absolute atomic E-state index is 13.0. The standard InChI is InChI=1S/C23H18F3NO3/c1-15(21(28)27-20-10-6-5-9-19(20)23(24,25)26)30-22(29)18-13-11-17(12-14-18)16-7-3-2-4-8-16/h2-15H,1H3,(H,27,28).